The van der Waals surface area contributed by atoms with Crippen molar-refractivity contribution in [3.8, 4) is 0 Å². The fourth-order valence-corrected chi connectivity index (χ4v) is 2.78. The molecular formula is C13H17NO2S. The molecule has 0 bridgehead atoms. The van der Waals surface area contributed by atoms with E-state index in [9.17, 15) is 9.59 Å². The molecule has 1 aliphatic heterocycles. The normalized spacial score (nSPS) is 16.2. The molecule has 0 atom stereocenters. The van der Waals surface area contributed by atoms with E-state index in [0.717, 1.165) is 12.8 Å². The number of Topliss-reactive ketones (excluding diaryl/α,β-unsaturated/α-hetero) is 1. The number of aryl methyl sites for hydroxylation is 1. The van der Waals surface area contributed by atoms with Gasteiger partial charge in [0.05, 0.1) is 0 Å². The first-order valence-corrected chi connectivity index (χ1v) is 6.95. The Morgan fingerprint density at radius 1 is 1.35 bits per heavy atom. The first kappa shape index (κ1) is 12.3. The van der Waals surface area contributed by atoms with E-state index in [2.05, 4.69) is 11.4 Å². The van der Waals surface area contributed by atoms with Gasteiger partial charge in [0, 0.05) is 37.2 Å². The zero-order chi connectivity index (χ0) is 12.1. The molecule has 1 fully saturated rings. The Bertz CT molecular complexity index is 376. The molecule has 0 spiro atoms. The Balaban J connectivity index is 1.68. The largest absolute Gasteiger partial charge is 0.342 e. The van der Waals surface area contributed by atoms with E-state index < -0.39 is 0 Å². The van der Waals surface area contributed by atoms with Crippen LogP contribution in [0.5, 0.6) is 0 Å². The third-order valence-corrected chi connectivity index (χ3v) is 4.00. The van der Waals surface area contributed by atoms with Gasteiger partial charge < -0.3 is 4.90 Å². The minimum atomic E-state index is 0.203. The van der Waals surface area contributed by atoms with Crippen molar-refractivity contribution in [2.24, 2.45) is 0 Å². The highest BCUT2D eigenvalue weighted by atomic mass is 32.1. The summed E-state index contributed by atoms with van der Waals surface area (Å²) < 4.78 is 0. The van der Waals surface area contributed by atoms with Gasteiger partial charge in [-0.1, -0.05) is 6.07 Å². The van der Waals surface area contributed by atoms with Crippen LogP contribution < -0.4 is 0 Å². The van der Waals surface area contributed by atoms with Gasteiger partial charge in [0.15, 0.2) is 0 Å². The standard InChI is InChI=1S/C13H17NO2S/c15-11-6-8-14(9-7-11)13(16)5-1-3-12-4-2-10-17-12/h2,4,10H,1,3,5-9H2. The number of hydrogen-bond acceptors (Lipinski definition) is 3. The molecule has 1 amide bonds. The summed E-state index contributed by atoms with van der Waals surface area (Å²) in [5.74, 6) is 0.488. The average molecular weight is 251 g/mol. The summed E-state index contributed by atoms with van der Waals surface area (Å²) in [6, 6.07) is 4.15. The fraction of sp³-hybridized carbons (Fsp3) is 0.538. The Morgan fingerprint density at radius 3 is 2.76 bits per heavy atom. The third-order valence-electron chi connectivity index (χ3n) is 3.07. The maximum Gasteiger partial charge on any atom is 0.222 e. The summed E-state index contributed by atoms with van der Waals surface area (Å²) >= 11 is 1.74. The van der Waals surface area contributed by atoms with E-state index in [1.165, 1.54) is 4.88 Å². The van der Waals surface area contributed by atoms with E-state index in [-0.39, 0.29) is 11.7 Å². The fourth-order valence-electron chi connectivity index (χ4n) is 2.03. The van der Waals surface area contributed by atoms with Crippen molar-refractivity contribution in [1.82, 2.24) is 4.90 Å². The third kappa shape index (κ3) is 3.66. The molecule has 0 unspecified atom stereocenters. The zero-order valence-corrected chi connectivity index (χ0v) is 10.7. The first-order chi connectivity index (χ1) is 8.25. The molecule has 1 aliphatic rings. The van der Waals surface area contributed by atoms with Crippen LogP contribution in [0.15, 0.2) is 17.5 Å². The molecule has 0 aliphatic carbocycles. The van der Waals surface area contributed by atoms with Crippen LogP contribution in [-0.4, -0.2) is 29.7 Å². The monoisotopic (exact) mass is 251 g/mol. The number of nitrogens with zero attached hydrogens (tertiary/aromatic N) is 1. The number of piperidine rings is 1. The molecule has 17 heavy (non-hydrogen) atoms. The van der Waals surface area contributed by atoms with Crippen molar-refractivity contribution >= 4 is 23.0 Å². The number of hydrogen-bond donors (Lipinski definition) is 0. The molecular weight excluding hydrogens is 234 g/mol. The number of amides is 1. The predicted molar refractivity (Wildman–Crippen MR) is 68.1 cm³/mol. The van der Waals surface area contributed by atoms with E-state index in [4.69, 9.17) is 0 Å². The smallest absolute Gasteiger partial charge is 0.222 e. The Hall–Kier alpha value is -1.16. The second kappa shape index (κ2) is 5.96. The maximum absolute atomic E-state index is 11.9. The summed E-state index contributed by atoms with van der Waals surface area (Å²) in [6.07, 6.45) is 3.57. The number of rotatable bonds is 4. The Kier molecular flexibility index (Phi) is 4.31. The summed E-state index contributed by atoms with van der Waals surface area (Å²) in [7, 11) is 0. The Morgan fingerprint density at radius 2 is 2.12 bits per heavy atom. The first-order valence-electron chi connectivity index (χ1n) is 6.07. The quantitative estimate of drug-likeness (QED) is 0.823. The minimum Gasteiger partial charge on any atom is -0.342 e. The van der Waals surface area contributed by atoms with Gasteiger partial charge in [-0.25, -0.2) is 0 Å². The van der Waals surface area contributed by atoms with Crippen LogP contribution in [0.4, 0.5) is 0 Å². The number of carbonyl (C=O) groups is 2. The van der Waals surface area contributed by atoms with Crippen molar-refractivity contribution in [2.75, 3.05) is 13.1 Å². The zero-order valence-electron chi connectivity index (χ0n) is 9.85. The predicted octanol–water partition coefficient (Wildman–Crippen LogP) is 2.26. The topological polar surface area (TPSA) is 37.4 Å². The summed E-state index contributed by atoms with van der Waals surface area (Å²) in [5.41, 5.74) is 0. The van der Waals surface area contributed by atoms with Gasteiger partial charge in [-0.15, -0.1) is 11.3 Å². The number of likely N-dealkylation sites (tertiary alicyclic amines) is 1. The molecule has 1 saturated heterocycles. The molecule has 0 N–H and O–H groups in total. The molecule has 0 radical (unpaired) electrons. The van der Waals surface area contributed by atoms with Gasteiger partial charge in [-0.05, 0) is 24.3 Å². The molecule has 3 nitrogen and oxygen atoms in total. The highest BCUT2D eigenvalue weighted by Gasteiger charge is 2.19. The van der Waals surface area contributed by atoms with Crippen LogP contribution in [0.1, 0.15) is 30.6 Å². The van der Waals surface area contributed by atoms with Gasteiger partial charge in [-0.3, -0.25) is 9.59 Å². The SMILES string of the molecule is O=C1CCN(C(=O)CCCc2cccs2)CC1. The van der Waals surface area contributed by atoms with E-state index in [0.29, 0.717) is 32.4 Å². The molecule has 2 heterocycles. The lowest BCUT2D eigenvalue weighted by Crippen LogP contribution is -2.38. The second-order valence-electron chi connectivity index (χ2n) is 4.35. The second-order valence-corrected chi connectivity index (χ2v) is 5.38. The summed E-state index contributed by atoms with van der Waals surface area (Å²) in [5, 5.41) is 2.06. The highest BCUT2D eigenvalue weighted by Crippen LogP contribution is 2.13. The molecule has 0 aromatic carbocycles. The minimum absolute atomic E-state index is 0.203. The van der Waals surface area contributed by atoms with Crippen LogP contribution in [0.3, 0.4) is 0 Å². The van der Waals surface area contributed by atoms with Crippen molar-refractivity contribution in [3.63, 3.8) is 0 Å². The molecule has 1 aromatic rings. The van der Waals surface area contributed by atoms with Crippen molar-refractivity contribution in [1.29, 1.82) is 0 Å². The van der Waals surface area contributed by atoms with E-state index in [1.54, 1.807) is 11.3 Å². The van der Waals surface area contributed by atoms with Crippen molar-refractivity contribution in [2.45, 2.75) is 32.1 Å². The highest BCUT2D eigenvalue weighted by molar-refractivity contribution is 7.09. The van der Waals surface area contributed by atoms with Crippen molar-refractivity contribution in [3.05, 3.63) is 22.4 Å². The molecule has 0 saturated carbocycles. The van der Waals surface area contributed by atoms with Crippen LogP contribution in [0.2, 0.25) is 0 Å². The number of ketones is 1. The summed E-state index contributed by atoms with van der Waals surface area (Å²) in [4.78, 5) is 26.1. The van der Waals surface area contributed by atoms with Gasteiger partial charge in [0.1, 0.15) is 5.78 Å². The van der Waals surface area contributed by atoms with Gasteiger partial charge in [-0.2, -0.15) is 0 Å². The number of carbonyl (C=O) groups excluding carboxylic acids is 2. The van der Waals surface area contributed by atoms with Gasteiger partial charge in [0.2, 0.25) is 5.91 Å². The van der Waals surface area contributed by atoms with Crippen LogP contribution in [-0.2, 0) is 16.0 Å². The van der Waals surface area contributed by atoms with Crippen LogP contribution in [0.25, 0.3) is 0 Å². The van der Waals surface area contributed by atoms with Crippen LogP contribution in [0, 0.1) is 0 Å². The average Bonchev–Trinajstić information content (AvgIpc) is 2.83. The Labute approximate surface area is 105 Å². The lowest BCUT2D eigenvalue weighted by Gasteiger charge is -2.26. The lowest BCUT2D eigenvalue weighted by atomic mass is 10.1. The number of thiophene rings is 1. The van der Waals surface area contributed by atoms with E-state index >= 15 is 0 Å². The van der Waals surface area contributed by atoms with Crippen LogP contribution >= 0.6 is 11.3 Å². The molecule has 1 aromatic heterocycles. The van der Waals surface area contributed by atoms with E-state index in [1.807, 2.05) is 11.0 Å². The molecule has 2 rings (SSSR count). The van der Waals surface area contributed by atoms with Gasteiger partial charge >= 0.3 is 0 Å². The summed E-state index contributed by atoms with van der Waals surface area (Å²) in [6.45, 7) is 1.24. The maximum atomic E-state index is 11.9. The van der Waals surface area contributed by atoms with Gasteiger partial charge in [0.25, 0.3) is 0 Å². The van der Waals surface area contributed by atoms with Crippen molar-refractivity contribution < 1.29 is 9.59 Å². The lowest BCUT2D eigenvalue weighted by molar-refractivity contribution is -0.134. The molecule has 4 heteroatoms. The molecule has 92 valence electrons.